The zero-order valence-corrected chi connectivity index (χ0v) is 12.1. The highest BCUT2D eigenvalue weighted by atomic mass is 19.1. The highest BCUT2D eigenvalue weighted by Crippen LogP contribution is 2.30. The van der Waals surface area contributed by atoms with E-state index >= 15 is 0 Å². The molecule has 0 fully saturated rings. The summed E-state index contributed by atoms with van der Waals surface area (Å²) in [5.74, 6) is -1.92. The van der Waals surface area contributed by atoms with Crippen LogP contribution in [0.1, 0.15) is 51.0 Å². The SMILES string of the molecule is O=C(O)c1cnc(C(=O)NC2CCCc3cc(F)ccc32)cn1. The molecule has 1 unspecified atom stereocenters. The summed E-state index contributed by atoms with van der Waals surface area (Å²) in [4.78, 5) is 30.5. The van der Waals surface area contributed by atoms with Crippen LogP contribution in [0.3, 0.4) is 0 Å². The molecule has 0 radical (unpaired) electrons. The maximum atomic E-state index is 13.3. The van der Waals surface area contributed by atoms with Gasteiger partial charge in [0, 0.05) is 0 Å². The summed E-state index contributed by atoms with van der Waals surface area (Å²) in [5, 5.41) is 11.6. The van der Waals surface area contributed by atoms with Crippen molar-refractivity contribution < 1.29 is 19.1 Å². The first-order valence-electron chi connectivity index (χ1n) is 7.19. The monoisotopic (exact) mass is 315 g/mol. The highest BCUT2D eigenvalue weighted by molar-refractivity contribution is 5.93. The van der Waals surface area contributed by atoms with Crippen molar-refractivity contribution >= 4 is 11.9 Å². The number of carbonyl (C=O) groups is 2. The first-order valence-corrected chi connectivity index (χ1v) is 7.19. The predicted molar refractivity (Wildman–Crippen MR) is 78.5 cm³/mol. The van der Waals surface area contributed by atoms with Gasteiger partial charge in [-0.25, -0.2) is 19.2 Å². The lowest BCUT2D eigenvalue weighted by Gasteiger charge is -2.26. The van der Waals surface area contributed by atoms with Crippen molar-refractivity contribution in [2.45, 2.75) is 25.3 Å². The van der Waals surface area contributed by atoms with Crippen LogP contribution in [-0.2, 0) is 6.42 Å². The molecule has 0 spiro atoms. The van der Waals surface area contributed by atoms with Gasteiger partial charge >= 0.3 is 5.97 Å². The third-order valence-electron chi connectivity index (χ3n) is 3.83. The molecule has 6 nitrogen and oxygen atoms in total. The van der Waals surface area contributed by atoms with E-state index < -0.39 is 11.9 Å². The van der Waals surface area contributed by atoms with E-state index in [1.807, 2.05) is 0 Å². The first-order chi connectivity index (χ1) is 11.0. The lowest BCUT2D eigenvalue weighted by atomic mass is 9.87. The number of carboxylic acids is 1. The lowest BCUT2D eigenvalue weighted by Crippen LogP contribution is -2.31. The topological polar surface area (TPSA) is 92.2 Å². The number of aromatic carboxylic acids is 1. The maximum absolute atomic E-state index is 13.3. The van der Waals surface area contributed by atoms with E-state index in [-0.39, 0.29) is 23.2 Å². The van der Waals surface area contributed by atoms with E-state index in [4.69, 9.17) is 5.11 Å². The van der Waals surface area contributed by atoms with E-state index in [1.54, 1.807) is 6.07 Å². The molecule has 2 N–H and O–H groups in total. The van der Waals surface area contributed by atoms with Crippen LogP contribution in [0.25, 0.3) is 0 Å². The fourth-order valence-electron chi connectivity index (χ4n) is 2.72. The quantitative estimate of drug-likeness (QED) is 0.905. The molecule has 0 saturated carbocycles. The Labute approximate surface area is 131 Å². The molecule has 118 valence electrons. The Morgan fingerprint density at radius 1 is 1.22 bits per heavy atom. The summed E-state index contributed by atoms with van der Waals surface area (Å²) in [6.07, 6.45) is 4.57. The van der Waals surface area contributed by atoms with Crippen molar-refractivity contribution in [1.29, 1.82) is 0 Å². The van der Waals surface area contributed by atoms with Crippen molar-refractivity contribution in [3.05, 3.63) is 58.9 Å². The smallest absolute Gasteiger partial charge is 0.356 e. The van der Waals surface area contributed by atoms with Crippen molar-refractivity contribution in [2.24, 2.45) is 0 Å². The summed E-state index contributed by atoms with van der Waals surface area (Å²) in [7, 11) is 0. The molecule has 1 atom stereocenters. The molecule has 0 bridgehead atoms. The Morgan fingerprint density at radius 2 is 1.96 bits per heavy atom. The molecular formula is C16H14FN3O3. The molecule has 0 aliphatic heterocycles. The number of hydrogen-bond acceptors (Lipinski definition) is 4. The molecule has 7 heteroatoms. The molecule has 1 aromatic carbocycles. The second-order valence-corrected chi connectivity index (χ2v) is 5.35. The van der Waals surface area contributed by atoms with Gasteiger partial charge in [0.1, 0.15) is 11.5 Å². The van der Waals surface area contributed by atoms with E-state index in [1.165, 1.54) is 12.1 Å². The summed E-state index contributed by atoms with van der Waals surface area (Å²) < 4.78 is 13.3. The summed E-state index contributed by atoms with van der Waals surface area (Å²) in [5.41, 5.74) is 1.62. The van der Waals surface area contributed by atoms with Crippen LogP contribution in [-0.4, -0.2) is 27.0 Å². The van der Waals surface area contributed by atoms with Gasteiger partial charge in [-0.05, 0) is 42.5 Å². The van der Waals surface area contributed by atoms with Crippen LogP contribution in [0.5, 0.6) is 0 Å². The number of halogens is 1. The normalized spacial score (nSPS) is 16.5. The van der Waals surface area contributed by atoms with E-state index in [0.717, 1.165) is 42.8 Å². The van der Waals surface area contributed by atoms with Gasteiger partial charge in [-0.2, -0.15) is 0 Å². The van der Waals surface area contributed by atoms with Gasteiger partial charge in [0.15, 0.2) is 5.69 Å². The van der Waals surface area contributed by atoms with Gasteiger partial charge in [-0.3, -0.25) is 4.79 Å². The first kappa shape index (κ1) is 15.1. The number of amides is 1. The van der Waals surface area contributed by atoms with Gasteiger partial charge in [0.2, 0.25) is 0 Å². The van der Waals surface area contributed by atoms with Gasteiger partial charge in [-0.1, -0.05) is 6.07 Å². The number of benzene rings is 1. The number of rotatable bonds is 3. The average molecular weight is 315 g/mol. The number of aromatic nitrogens is 2. The zero-order chi connectivity index (χ0) is 16.4. The summed E-state index contributed by atoms with van der Waals surface area (Å²) in [6.45, 7) is 0. The van der Waals surface area contributed by atoms with Crippen molar-refractivity contribution in [2.75, 3.05) is 0 Å². The van der Waals surface area contributed by atoms with Crippen molar-refractivity contribution in [3.63, 3.8) is 0 Å². The summed E-state index contributed by atoms with van der Waals surface area (Å²) >= 11 is 0. The molecule has 1 aliphatic rings. The van der Waals surface area contributed by atoms with E-state index in [0.29, 0.717) is 0 Å². The van der Waals surface area contributed by atoms with Crippen LogP contribution >= 0.6 is 0 Å². The zero-order valence-electron chi connectivity index (χ0n) is 12.1. The van der Waals surface area contributed by atoms with E-state index in [2.05, 4.69) is 15.3 Å². The minimum absolute atomic E-state index is 0.0456. The average Bonchev–Trinajstić information content (AvgIpc) is 2.54. The van der Waals surface area contributed by atoms with Gasteiger partial charge in [0.05, 0.1) is 18.4 Å². The fourth-order valence-corrected chi connectivity index (χ4v) is 2.72. The molecule has 23 heavy (non-hydrogen) atoms. The van der Waals surface area contributed by atoms with Crippen LogP contribution in [0.4, 0.5) is 4.39 Å². The number of fused-ring (bicyclic) bond motifs is 1. The molecule has 3 rings (SSSR count). The second kappa shape index (κ2) is 6.12. The molecule has 1 heterocycles. The maximum Gasteiger partial charge on any atom is 0.356 e. The lowest BCUT2D eigenvalue weighted by molar-refractivity contribution is 0.0688. The Kier molecular flexibility index (Phi) is 4.01. The Hall–Kier alpha value is -2.83. The number of carboxylic acid groups (broad SMARTS) is 1. The molecule has 1 aromatic heterocycles. The van der Waals surface area contributed by atoms with Crippen LogP contribution in [0.15, 0.2) is 30.6 Å². The van der Waals surface area contributed by atoms with Crippen molar-refractivity contribution in [3.8, 4) is 0 Å². The molecule has 1 amide bonds. The van der Waals surface area contributed by atoms with Crippen molar-refractivity contribution in [1.82, 2.24) is 15.3 Å². The standard InChI is InChI=1S/C16H14FN3O3/c17-10-4-5-11-9(6-10)2-1-3-12(11)20-15(21)13-7-19-14(8-18-13)16(22)23/h4-8,12H,1-3H2,(H,20,21)(H,22,23). The van der Waals surface area contributed by atoms with Crippen LogP contribution in [0, 0.1) is 5.82 Å². The van der Waals surface area contributed by atoms with Gasteiger partial charge < -0.3 is 10.4 Å². The predicted octanol–water partition coefficient (Wildman–Crippen LogP) is 2.12. The number of nitrogens with zero attached hydrogens (tertiary/aromatic N) is 2. The summed E-state index contributed by atoms with van der Waals surface area (Å²) in [6, 6.07) is 4.35. The minimum atomic E-state index is -1.20. The molecule has 2 aromatic rings. The number of carbonyl (C=O) groups excluding carboxylic acids is 1. The Bertz CT molecular complexity index is 762. The van der Waals surface area contributed by atoms with Gasteiger partial charge in [0.25, 0.3) is 5.91 Å². The molecule has 0 saturated heterocycles. The third-order valence-corrected chi connectivity index (χ3v) is 3.83. The fraction of sp³-hybridized carbons (Fsp3) is 0.250. The Morgan fingerprint density at radius 3 is 2.65 bits per heavy atom. The third kappa shape index (κ3) is 3.18. The number of hydrogen-bond donors (Lipinski definition) is 2. The van der Waals surface area contributed by atoms with Crippen LogP contribution in [0.2, 0.25) is 0 Å². The number of nitrogens with one attached hydrogen (secondary N) is 1. The minimum Gasteiger partial charge on any atom is -0.476 e. The molecular weight excluding hydrogens is 301 g/mol. The van der Waals surface area contributed by atoms with E-state index in [9.17, 15) is 14.0 Å². The number of aryl methyl sites for hydroxylation is 1. The second-order valence-electron chi connectivity index (χ2n) is 5.35. The largest absolute Gasteiger partial charge is 0.476 e. The van der Waals surface area contributed by atoms with Crippen LogP contribution < -0.4 is 5.32 Å². The molecule has 1 aliphatic carbocycles. The van der Waals surface area contributed by atoms with Gasteiger partial charge in [-0.15, -0.1) is 0 Å². The highest BCUT2D eigenvalue weighted by Gasteiger charge is 2.23. The Balaban J connectivity index is 1.77.